The maximum absolute atomic E-state index is 12.4. The van der Waals surface area contributed by atoms with Crippen LogP contribution in [0.5, 0.6) is 0 Å². The van der Waals surface area contributed by atoms with Crippen molar-refractivity contribution in [2.45, 2.75) is 58.5 Å². The number of likely N-dealkylation sites (tertiary alicyclic amines) is 1. The third-order valence-electron chi connectivity index (χ3n) is 3.98. The van der Waals surface area contributed by atoms with Crippen LogP contribution in [0.4, 0.5) is 0 Å². The Morgan fingerprint density at radius 3 is 2.91 bits per heavy atom. The van der Waals surface area contributed by atoms with E-state index in [0.717, 1.165) is 37.1 Å². The summed E-state index contributed by atoms with van der Waals surface area (Å²) >= 11 is 0. The van der Waals surface area contributed by atoms with Crippen LogP contribution >= 0.6 is 0 Å². The lowest BCUT2D eigenvalue weighted by atomic mass is 10.0. The van der Waals surface area contributed by atoms with Crippen molar-refractivity contribution in [2.24, 2.45) is 0 Å². The molecule has 2 amide bonds. The van der Waals surface area contributed by atoms with Gasteiger partial charge in [0.2, 0.25) is 11.8 Å². The standard InChI is InChI=1S/C17H25N3O2/c1-3-7-16(21)20-11-5-4-10-15(20)17(22)18-12-14-9-6-8-13(2)19-14/h6,8-9,15H,3-5,7,10-12H2,1-2H3,(H,18,22). The Morgan fingerprint density at radius 2 is 2.18 bits per heavy atom. The topological polar surface area (TPSA) is 62.3 Å². The van der Waals surface area contributed by atoms with Crippen molar-refractivity contribution < 1.29 is 9.59 Å². The van der Waals surface area contributed by atoms with E-state index >= 15 is 0 Å². The molecule has 1 fully saturated rings. The second-order valence-electron chi connectivity index (χ2n) is 5.84. The molecule has 5 heteroatoms. The number of aryl methyl sites for hydroxylation is 1. The predicted octanol–water partition coefficient (Wildman–Crippen LogP) is 2.19. The van der Waals surface area contributed by atoms with E-state index in [4.69, 9.17) is 0 Å². The van der Waals surface area contributed by atoms with Gasteiger partial charge in [-0.3, -0.25) is 14.6 Å². The van der Waals surface area contributed by atoms with Crippen molar-refractivity contribution in [2.75, 3.05) is 6.54 Å². The van der Waals surface area contributed by atoms with Gasteiger partial charge in [-0.25, -0.2) is 0 Å². The molecule has 1 aliphatic rings. The van der Waals surface area contributed by atoms with Gasteiger partial charge in [0.15, 0.2) is 0 Å². The summed E-state index contributed by atoms with van der Waals surface area (Å²) in [6.45, 7) is 5.02. The first-order valence-electron chi connectivity index (χ1n) is 8.11. The lowest BCUT2D eigenvalue weighted by Crippen LogP contribution is -2.51. The second kappa shape index (κ2) is 7.92. The summed E-state index contributed by atoms with van der Waals surface area (Å²) in [5.41, 5.74) is 1.78. The Labute approximate surface area is 132 Å². The summed E-state index contributed by atoms with van der Waals surface area (Å²) in [6, 6.07) is 5.44. The first-order valence-corrected chi connectivity index (χ1v) is 8.11. The third kappa shape index (κ3) is 4.29. The van der Waals surface area contributed by atoms with Gasteiger partial charge in [-0.1, -0.05) is 13.0 Å². The first-order chi connectivity index (χ1) is 10.6. The number of rotatable bonds is 5. The van der Waals surface area contributed by atoms with Crippen LogP contribution in [-0.4, -0.2) is 34.3 Å². The number of nitrogens with zero attached hydrogens (tertiary/aromatic N) is 2. The largest absolute Gasteiger partial charge is 0.349 e. The first kappa shape index (κ1) is 16.5. The number of piperidine rings is 1. The van der Waals surface area contributed by atoms with E-state index in [0.29, 0.717) is 19.5 Å². The molecule has 1 atom stereocenters. The highest BCUT2D eigenvalue weighted by Crippen LogP contribution is 2.18. The van der Waals surface area contributed by atoms with Crippen molar-refractivity contribution in [3.8, 4) is 0 Å². The van der Waals surface area contributed by atoms with Gasteiger partial charge >= 0.3 is 0 Å². The van der Waals surface area contributed by atoms with Crippen molar-refractivity contribution >= 4 is 11.8 Å². The van der Waals surface area contributed by atoms with E-state index in [2.05, 4.69) is 10.3 Å². The van der Waals surface area contributed by atoms with Gasteiger partial charge in [-0.2, -0.15) is 0 Å². The zero-order valence-corrected chi connectivity index (χ0v) is 13.5. The molecule has 0 aromatic carbocycles. The van der Waals surface area contributed by atoms with Gasteiger partial charge < -0.3 is 10.2 Å². The van der Waals surface area contributed by atoms with Crippen molar-refractivity contribution in [3.05, 3.63) is 29.6 Å². The Morgan fingerprint density at radius 1 is 1.36 bits per heavy atom. The number of carbonyl (C=O) groups excluding carboxylic acids is 2. The predicted molar refractivity (Wildman–Crippen MR) is 85.1 cm³/mol. The van der Waals surface area contributed by atoms with Gasteiger partial charge in [-0.05, 0) is 44.7 Å². The Hall–Kier alpha value is -1.91. The average Bonchev–Trinajstić information content (AvgIpc) is 2.53. The molecule has 1 unspecified atom stereocenters. The summed E-state index contributed by atoms with van der Waals surface area (Å²) in [5.74, 6) is 0.0310. The molecule has 1 aliphatic heterocycles. The second-order valence-corrected chi connectivity index (χ2v) is 5.84. The molecule has 0 spiro atoms. The molecule has 0 saturated carbocycles. The lowest BCUT2D eigenvalue weighted by molar-refractivity contribution is -0.142. The van der Waals surface area contributed by atoms with Crippen LogP contribution in [0.15, 0.2) is 18.2 Å². The highest BCUT2D eigenvalue weighted by molar-refractivity contribution is 5.87. The molecule has 1 N–H and O–H groups in total. The van der Waals surface area contributed by atoms with Crippen LogP contribution < -0.4 is 5.32 Å². The highest BCUT2D eigenvalue weighted by Gasteiger charge is 2.31. The summed E-state index contributed by atoms with van der Waals surface area (Å²) in [5, 5.41) is 2.93. The van der Waals surface area contributed by atoms with Crippen LogP contribution in [-0.2, 0) is 16.1 Å². The fourth-order valence-electron chi connectivity index (χ4n) is 2.85. The van der Waals surface area contributed by atoms with E-state index < -0.39 is 0 Å². The molecule has 1 aromatic heterocycles. The molecule has 0 aliphatic carbocycles. The summed E-state index contributed by atoms with van der Waals surface area (Å²) in [7, 11) is 0. The smallest absolute Gasteiger partial charge is 0.243 e. The van der Waals surface area contributed by atoms with E-state index in [1.165, 1.54) is 0 Å². The minimum Gasteiger partial charge on any atom is -0.349 e. The number of carbonyl (C=O) groups is 2. The molecule has 120 valence electrons. The zero-order chi connectivity index (χ0) is 15.9. The van der Waals surface area contributed by atoms with E-state index in [1.807, 2.05) is 32.0 Å². The molecule has 2 heterocycles. The molecule has 5 nitrogen and oxygen atoms in total. The summed E-state index contributed by atoms with van der Waals surface area (Å²) in [6.07, 6.45) is 4.07. The molecule has 2 rings (SSSR count). The number of aromatic nitrogens is 1. The minimum absolute atomic E-state index is 0.0625. The molecular formula is C17H25N3O2. The summed E-state index contributed by atoms with van der Waals surface area (Å²) in [4.78, 5) is 30.7. The van der Waals surface area contributed by atoms with Crippen molar-refractivity contribution in [1.82, 2.24) is 15.2 Å². The monoisotopic (exact) mass is 303 g/mol. The maximum atomic E-state index is 12.4. The molecule has 22 heavy (non-hydrogen) atoms. The van der Waals surface area contributed by atoms with Crippen LogP contribution in [0.2, 0.25) is 0 Å². The quantitative estimate of drug-likeness (QED) is 0.907. The maximum Gasteiger partial charge on any atom is 0.243 e. The fourth-order valence-corrected chi connectivity index (χ4v) is 2.85. The molecule has 1 saturated heterocycles. The van der Waals surface area contributed by atoms with E-state index in [1.54, 1.807) is 4.90 Å². The lowest BCUT2D eigenvalue weighted by Gasteiger charge is -2.34. The van der Waals surface area contributed by atoms with Crippen molar-refractivity contribution in [3.63, 3.8) is 0 Å². The van der Waals surface area contributed by atoms with Gasteiger partial charge in [0.1, 0.15) is 6.04 Å². The normalized spacial score (nSPS) is 18.1. The van der Waals surface area contributed by atoms with E-state index in [-0.39, 0.29) is 17.9 Å². The average molecular weight is 303 g/mol. The van der Waals surface area contributed by atoms with Gasteiger partial charge in [0.25, 0.3) is 0 Å². The third-order valence-corrected chi connectivity index (χ3v) is 3.98. The van der Waals surface area contributed by atoms with Crippen LogP contribution in [0, 0.1) is 6.92 Å². The Bertz CT molecular complexity index is 530. The van der Waals surface area contributed by atoms with Gasteiger partial charge in [0.05, 0.1) is 12.2 Å². The Balaban J connectivity index is 1.95. The number of nitrogens with one attached hydrogen (secondary N) is 1. The fraction of sp³-hybridized carbons (Fsp3) is 0.588. The molecule has 0 bridgehead atoms. The number of hydrogen-bond acceptors (Lipinski definition) is 3. The SMILES string of the molecule is CCCC(=O)N1CCCCC1C(=O)NCc1cccc(C)n1. The van der Waals surface area contributed by atoms with Crippen LogP contribution in [0.3, 0.4) is 0 Å². The molecule has 0 radical (unpaired) electrons. The number of amides is 2. The van der Waals surface area contributed by atoms with E-state index in [9.17, 15) is 9.59 Å². The Kier molecular flexibility index (Phi) is 5.92. The summed E-state index contributed by atoms with van der Waals surface area (Å²) < 4.78 is 0. The van der Waals surface area contributed by atoms with Gasteiger partial charge in [0, 0.05) is 18.7 Å². The number of pyridine rings is 1. The van der Waals surface area contributed by atoms with Crippen LogP contribution in [0.1, 0.15) is 50.4 Å². The van der Waals surface area contributed by atoms with Crippen molar-refractivity contribution in [1.29, 1.82) is 0 Å². The highest BCUT2D eigenvalue weighted by atomic mass is 16.2. The zero-order valence-electron chi connectivity index (χ0n) is 13.5. The van der Waals surface area contributed by atoms with Gasteiger partial charge in [-0.15, -0.1) is 0 Å². The van der Waals surface area contributed by atoms with Crippen LogP contribution in [0.25, 0.3) is 0 Å². The number of hydrogen-bond donors (Lipinski definition) is 1. The molecule has 1 aromatic rings. The molecular weight excluding hydrogens is 278 g/mol. The minimum atomic E-state index is -0.322.